The Morgan fingerprint density at radius 2 is 1.86 bits per heavy atom. The molecule has 1 saturated carbocycles. The molecule has 0 radical (unpaired) electrons. The number of carbonyl (C=O) groups excluding carboxylic acids is 1. The Kier molecular flexibility index (Phi) is 8.52. The minimum Gasteiger partial charge on any atom is -0.302 e. The van der Waals surface area contributed by atoms with Gasteiger partial charge in [0.05, 0.1) is 28.6 Å². The molecule has 1 aliphatic carbocycles. The zero-order valence-corrected chi connectivity index (χ0v) is 25.2. The fourth-order valence-electron chi connectivity index (χ4n) is 6.13. The molecule has 0 bridgehead atoms. The fraction of sp³-hybridized carbons (Fsp3) is 0.467. The summed E-state index contributed by atoms with van der Waals surface area (Å²) in [6.07, 6.45) is 0.648. The third kappa shape index (κ3) is 6.55. The van der Waals surface area contributed by atoms with Crippen molar-refractivity contribution in [2.45, 2.75) is 82.1 Å². The maximum Gasteiger partial charge on any atom is 0.416 e. The maximum absolute atomic E-state index is 14.6. The predicted molar refractivity (Wildman–Crippen MR) is 153 cm³/mol. The summed E-state index contributed by atoms with van der Waals surface area (Å²) in [5.41, 5.74) is 1.45. The molecule has 1 aromatic heterocycles. The first kappa shape index (κ1) is 30.6. The summed E-state index contributed by atoms with van der Waals surface area (Å²) >= 11 is 1.33. The number of nitrogens with one attached hydrogen (secondary N) is 1. The van der Waals surface area contributed by atoms with Crippen LogP contribution in [-0.4, -0.2) is 30.5 Å². The highest BCUT2D eigenvalue weighted by molar-refractivity contribution is 7.90. The number of sulfone groups is 1. The van der Waals surface area contributed by atoms with E-state index in [0.717, 1.165) is 53.4 Å². The number of rotatable bonds is 8. The van der Waals surface area contributed by atoms with E-state index in [-0.39, 0.29) is 42.3 Å². The molecule has 42 heavy (non-hydrogen) atoms. The Bertz CT molecular complexity index is 1600. The van der Waals surface area contributed by atoms with Crippen LogP contribution in [0.5, 0.6) is 0 Å². The molecule has 0 spiro atoms. The van der Waals surface area contributed by atoms with Gasteiger partial charge in [-0.1, -0.05) is 44.9 Å². The summed E-state index contributed by atoms with van der Waals surface area (Å²) < 4.78 is 78.2. The zero-order valence-electron chi connectivity index (χ0n) is 23.6. The number of hydrogen-bond donors (Lipinski definition) is 1. The Morgan fingerprint density at radius 1 is 1.14 bits per heavy atom. The van der Waals surface area contributed by atoms with Crippen LogP contribution in [0.1, 0.15) is 84.3 Å². The van der Waals surface area contributed by atoms with Crippen LogP contribution in [0.3, 0.4) is 0 Å². The van der Waals surface area contributed by atoms with E-state index in [9.17, 15) is 30.8 Å². The van der Waals surface area contributed by atoms with Crippen molar-refractivity contribution in [1.82, 2.24) is 9.88 Å². The van der Waals surface area contributed by atoms with Crippen LogP contribution in [-0.2, 0) is 40.3 Å². The van der Waals surface area contributed by atoms with Gasteiger partial charge in [-0.25, -0.2) is 17.8 Å². The van der Waals surface area contributed by atoms with Crippen molar-refractivity contribution in [3.63, 3.8) is 0 Å². The molecule has 1 aliphatic heterocycles. The zero-order chi connectivity index (χ0) is 30.4. The highest BCUT2D eigenvalue weighted by Gasteiger charge is 2.37. The second kappa shape index (κ2) is 11.7. The van der Waals surface area contributed by atoms with Crippen molar-refractivity contribution in [3.8, 4) is 0 Å². The summed E-state index contributed by atoms with van der Waals surface area (Å²) in [5, 5.41) is 3.32. The Hall–Kier alpha value is -2.83. The summed E-state index contributed by atoms with van der Waals surface area (Å²) in [5.74, 6) is -0.913. The number of alkyl halides is 3. The van der Waals surface area contributed by atoms with Gasteiger partial charge in [-0.05, 0) is 54.0 Å². The molecule has 2 aliphatic rings. The van der Waals surface area contributed by atoms with E-state index in [1.165, 1.54) is 23.7 Å². The number of hydrogen-bond acceptors (Lipinski definition) is 6. The van der Waals surface area contributed by atoms with Gasteiger partial charge in [-0.15, -0.1) is 11.3 Å². The van der Waals surface area contributed by atoms with Crippen LogP contribution in [0, 0.1) is 11.7 Å². The van der Waals surface area contributed by atoms with Gasteiger partial charge >= 0.3 is 6.18 Å². The lowest BCUT2D eigenvalue weighted by atomic mass is 9.95. The van der Waals surface area contributed by atoms with Gasteiger partial charge in [0, 0.05) is 29.8 Å². The van der Waals surface area contributed by atoms with Crippen molar-refractivity contribution in [2.24, 2.45) is 5.92 Å². The van der Waals surface area contributed by atoms with Crippen molar-refractivity contribution in [3.05, 3.63) is 75.0 Å². The summed E-state index contributed by atoms with van der Waals surface area (Å²) in [6.45, 7) is 4.55. The molecule has 5 rings (SSSR count). The number of carbonyl (C=O) groups is 1. The summed E-state index contributed by atoms with van der Waals surface area (Å²) in [6, 6.07) is 7.55. The number of amides is 1. The first-order valence-electron chi connectivity index (χ1n) is 13.9. The third-order valence-electron chi connectivity index (χ3n) is 8.01. The molecule has 3 aromatic rings. The second-order valence-electron chi connectivity index (χ2n) is 11.6. The van der Waals surface area contributed by atoms with Gasteiger partial charge in [0.1, 0.15) is 5.82 Å². The molecule has 226 valence electrons. The minimum atomic E-state index is -4.61. The molecule has 1 N–H and O–H groups in total. The maximum atomic E-state index is 14.6. The molecule has 0 saturated heterocycles. The quantitative estimate of drug-likeness (QED) is 0.267. The Labute approximate surface area is 247 Å². The third-order valence-corrected chi connectivity index (χ3v) is 10.2. The number of anilines is 1. The van der Waals surface area contributed by atoms with E-state index in [1.54, 1.807) is 12.1 Å². The van der Waals surface area contributed by atoms with Crippen molar-refractivity contribution in [2.75, 3.05) is 11.6 Å². The van der Waals surface area contributed by atoms with Gasteiger partial charge in [0.2, 0.25) is 5.91 Å². The van der Waals surface area contributed by atoms with E-state index in [0.29, 0.717) is 22.6 Å². The van der Waals surface area contributed by atoms with Gasteiger partial charge in [-0.3, -0.25) is 9.69 Å². The number of thiazole rings is 1. The number of fused-ring (bicyclic) bond motifs is 1. The lowest BCUT2D eigenvalue weighted by Crippen LogP contribution is -2.26. The first-order chi connectivity index (χ1) is 19.7. The van der Waals surface area contributed by atoms with Crippen LogP contribution >= 0.6 is 11.3 Å². The smallest absolute Gasteiger partial charge is 0.302 e. The van der Waals surface area contributed by atoms with Gasteiger partial charge in [0.25, 0.3) is 0 Å². The number of nitrogens with zero attached hydrogens (tertiary/aromatic N) is 2. The molecule has 1 fully saturated rings. The molecule has 1 atom stereocenters. The standard InChI is InChI=1S/C30H33F4N3O3S2/c1-17(2)28-27-24(16-37(28)15-20-9-10-21(14-23(20)31)30(32,33)34)41-29(36-27)35-26(38)13-18-8-11-25(42(3,39)40)22(12-18)19-6-4-5-7-19/h8-12,14,17,19,28H,4-7,13,15-16H2,1-3H3,(H,35,36,38)/t28-/m1/s1. The van der Waals surface area contributed by atoms with Crippen molar-refractivity contribution < 1.29 is 30.8 Å². The molecule has 1 amide bonds. The average molecular weight is 624 g/mol. The molecule has 0 unspecified atom stereocenters. The van der Waals surface area contributed by atoms with Crippen LogP contribution in [0.2, 0.25) is 0 Å². The van der Waals surface area contributed by atoms with E-state index in [1.807, 2.05) is 24.8 Å². The van der Waals surface area contributed by atoms with Gasteiger partial charge in [-0.2, -0.15) is 13.2 Å². The highest BCUT2D eigenvalue weighted by atomic mass is 32.2. The van der Waals surface area contributed by atoms with Gasteiger partial charge < -0.3 is 5.32 Å². The van der Waals surface area contributed by atoms with E-state index >= 15 is 0 Å². The second-order valence-corrected chi connectivity index (χ2v) is 14.6. The Balaban J connectivity index is 1.28. The van der Waals surface area contributed by atoms with Crippen LogP contribution in [0.4, 0.5) is 22.7 Å². The predicted octanol–water partition coefficient (Wildman–Crippen LogP) is 7.26. The van der Waals surface area contributed by atoms with Crippen molar-refractivity contribution in [1.29, 1.82) is 0 Å². The van der Waals surface area contributed by atoms with Crippen molar-refractivity contribution >= 4 is 32.2 Å². The fourth-order valence-corrected chi connectivity index (χ4v) is 8.14. The van der Waals surface area contributed by atoms with E-state index in [4.69, 9.17) is 0 Å². The molecule has 2 heterocycles. The summed E-state index contributed by atoms with van der Waals surface area (Å²) in [7, 11) is -3.39. The van der Waals surface area contributed by atoms with Crippen LogP contribution in [0.15, 0.2) is 41.3 Å². The molecule has 12 heteroatoms. The number of benzene rings is 2. The largest absolute Gasteiger partial charge is 0.416 e. The Morgan fingerprint density at radius 3 is 2.48 bits per heavy atom. The lowest BCUT2D eigenvalue weighted by molar-refractivity contribution is -0.137. The van der Waals surface area contributed by atoms with E-state index < -0.39 is 27.4 Å². The topological polar surface area (TPSA) is 79.4 Å². The monoisotopic (exact) mass is 623 g/mol. The minimum absolute atomic E-state index is 0.0704. The summed E-state index contributed by atoms with van der Waals surface area (Å²) in [4.78, 5) is 20.9. The molecule has 2 aromatic carbocycles. The average Bonchev–Trinajstić information content (AvgIpc) is 3.60. The van der Waals surface area contributed by atoms with E-state index in [2.05, 4.69) is 10.3 Å². The molecular formula is C30H33F4N3O3S2. The normalized spacial score (nSPS) is 18.1. The molecular weight excluding hydrogens is 590 g/mol. The van der Waals surface area contributed by atoms with Crippen LogP contribution < -0.4 is 5.32 Å². The first-order valence-corrected chi connectivity index (χ1v) is 16.6. The number of aromatic nitrogens is 1. The molecule has 6 nitrogen and oxygen atoms in total. The lowest BCUT2D eigenvalue weighted by Gasteiger charge is -2.28. The SMILES string of the molecule is CC(C)[C@@H]1c2nc(NC(=O)Cc3ccc(S(C)(=O)=O)c(C4CCCC4)c3)sc2CN1Cc1ccc(C(F)(F)F)cc1F. The highest BCUT2D eigenvalue weighted by Crippen LogP contribution is 2.43. The van der Waals surface area contributed by atoms with Gasteiger partial charge in [0.15, 0.2) is 15.0 Å². The number of halogens is 4. The van der Waals surface area contributed by atoms with Crippen LogP contribution in [0.25, 0.3) is 0 Å².